The molecule has 0 radical (unpaired) electrons. The van der Waals surface area contributed by atoms with Crippen LogP contribution in [0.3, 0.4) is 0 Å². The van der Waals surface area contributed by atoms with E-state index in [-0.39, 0.29) is 0 Å². The molecule has 0 aliphatic carbocycles. The van der Waals surface area contributed by atoms with Gasteiger partial charge in [0.05, 0.1) is 18.3 Å². The predicted octanol–water partition coefficient (Wildman–Crippen LogP) is 3.16. The van der Waals surface area contributed by atoms with E-state index in [0.717, 1.165) is 30.0 Å². The molecule has 1 heterocycles. The van der Waals surface area contributed by atoms with Crippen LogP contribution in [-0.2, 0) is 6.54 Å². The summed E-state index contributed by atoms with van der Waals surface area (Å²) in [5, 5.41) is 9.52. The first-order valence-electron chi connectivity index (χ1n) is 6.63. The van der Waals surface area contributed by atoms with Gasteiger partial charge in [-0.05, 0) is 43.7 Å². The van der Waals surface area contributed by atoms with Crippen molar-refractivity contribution < 1.29 is 5.11 Å². The molecule has 2 rings (SSSR count). The lowest BCUT2D eigenvalue weighted by Crippen LogP contribution is -2.22. The zero-order valence-corrected chi connectivity index (χ0v) is 11.5. The lowest BCUT2D eigenvalue weighted by Gasteiger charge is -2.23. The molecule has 0 fully saturated rings. The molecule has 1 N–H and O–H groups in total. The summed E-state index contributed by atoms with van der Waals surface area (Å²) in [4.78, 5) is 6.61. The van der Waals surface area contributed by atoms with Crippen LogP contribution in [0.1, 0.15) is 31.2 Å². The smallest absolute Gasteiger partial charge is 0.0761 e. The molecular weight excluding hydrogens is 236 g/mol. The zero-order valence-electron chi connectivity index (χ0n) is 11.5. The largest absolute Gasteiger partial charge is 0.389 e. The van der Waals surface area contributed by atoms with Gasteiger partial charge in [-0.15, -0.1) is 0 Å². The monoisotopic (exact) mass is 256 g/mol. The number of benzene rings is 1. The van der Waals surface area contributed by atoms with Gasteiger partial charge in [0.1, 0.15) is 0 Å². The molecule has 19 heavy (non-hydrogen) atoms. The van der Waals surface area contributed by atoms with E-state index in [1.807, 2.05) is 36.5 Å². The summed E-state index contributed by atoms with van der Waals surface area (Å²) in [6, 6.07) is 14.0. The second-order valence-electron chi connectivity index (χ2n) is 4.60. The molecule has 1 atom stereocenters. The van der Waals surface area contributed by atoms with E-state index < -0.39 is 6.10 Å². The fourth-order valence-corrected chi connectivity index (χ4v) is 2.04. The van der Waals surface area contributed by atoms with E-state index >= 15 is 0 Å². The van der Waals surface area contributed by atoms with Gasteiger partial charge in [-0.2, -0.15) is 0 Å². The van der Waals surface area contributed by atoms with Gasteiger partial charge >= 0.3 is 0 Å². The highest BCUT2D eigenvalue weighted by Crippen LogP contribution is 2.20. The highest BCUT2D eigenvalue weighted by molar-refractivity contribution is 5.48. The van der Waals surface area contributed by atoms with Gasteiger partial charge in [-0.25, -0.2) is 0 Å². The molecule has 1 unspecified atom stereocenters. The lowest BCUT2D eigenvalue weighted by atomic mass is 10.1. The van der Waals surface area contributed by atoms with E-state index in [4.69, 9.17) is 0 Å². The quantitative estimate of drug-likeness (QED) is 0.892. The van der Waals surface area contributed by atoms with Crippen LogP contribution in [0.5, 0.6) is 0 Å². The van der Waals surface area contributed by atoms with Crippen molar-refractivity contribution in [1.82, 2.24) is 4.98 Å². The Morgan fingerprint density at radius 2 is 1.89 bits per heavy atom. The van der Waals surface area contributed by atoms with E-state index in [1.165, 1.54) is 0 Å². The molecule has 0 aliphatic heterocycles. The number of pyridine rings is 1. The molecule has 1 aromatic heterocycles. The van der Waals surface area contributed by atoms with Crippen molar-refractivity contribution in [2.45, 2.75) is 26.5 Å². The number of aromatic nitrogens is 1. The van der Waals surface area contributed by atoms with Crippen molar-refractivity contribution in [1.29, 1.82) is 0 Å². The van der Waals surface area contributed by atoms with Crippen molar-refractivity contribution in [2.75, 3.05) is 11.4 Å². The molecule has 0 spiro atoms. The maximum Gasteiger partial charge on any atom is 0.0761 e. The molecule has 0 aliphatic rings. The average Bonchev–Trinajstić information content (AvgIpc) is 2.46. The van der Waals surface area contributed by atoms with Crippen molar-refractivity contribution in [3.05, 3.63) is 59.9 Å². The molecule has 3 heteroatoms. The van der Waals surface area contributed by atoms with Crippen molar-refractivity contribution in [3.63, 3.8) is 0 Å². The third-order valence-corrected chi connectivity index (χ3v) is 3.20. The maximum atomic E-state index is 9.52. The van der Waals surface area contributed by atoms with Crippen molar-refractivity contribution >= 4 is 5.69 Å². The Kier molecular flexibility index (Phi) is 4.53. The molecule has 100 valence electrons. The molecule has 3 nitrogen and oxygen atoms in total. The third kappa shape index (κ3) is 3.55. The molecule has 0 saturated heterocycles. The van der Waals surface area contributed by atoms with E-state index in [2.05, 4.69) is 28.9 Å². The summed E-state index contributed by atoms with van der Waals surface area (Å²) >= 11 is 0. The first-order valence-corrected chi connectivity index (χ1v) is 6.63. The number of aliphatic hydroxyl groups is 1. The minimum Gasteiger partial charge on any atom is -0.389 e. The number of hydrogen-bond acceptors (Lipinski definition) is 3. The topological polar surface area (TPSA) is 36.4 Å². The fourth-order valence-electron chi connectivity index (χ4n) is 2.04. The van der Waals surface area contributed by atoms with Crippen LogP contribution >= 0.6 is 0 Å². The summed E-state index contributed by atoms with van der Waals surface area (Å²) < 4.78 is 0. The Morgan fingerprint density at radius 3 is 2.42 bits per heavy atom. The minimum absolute atomic E-state index is 0.417. The SMILES string of the molecule is CCN(Cc1ccccn1)c1ccc(C(C)O)cc1. The Morgan fingerprint density at radius 1 is 1.16 bits per heavy atom. The normalized spacial score (nSPS) is 12.2. The van der Waals surface area contributed by atoms with E-state index in [1.54, 1.807) is 6.92 Å². The molecular formula is C16H20N2O. The van der Waals surface area contributed by atoms with E-state index in [0.29, 0.717) is 0 Å². The van der Waals surface area contributed by atoms with Crippen LogP contribution in [0, 0.1) is 0 Å². The first kappa shape index (κ1) is 13.6. The summed E-state index contributed by atoms with van der Waals surface area (Å²) in [7, 11) is 0. The van der Waals surface area contributed by atoms with Crippen molar-refractivity contribution in [2.24, 2.45) is 0 Å². The third-order valence-electron chi connectivity index (χ3n) is 3.20. The van der Waals surface area contributed by atoms with Crippen LogP contribution in [0.2, 0.25) is 0 Å². The van der Waals surface area contributed by atoms with Crippen LogP contribution in [-0.4, -0.2) is 16.6 Å². The van der Waals surface area contributed by atoms with Gasteiger partial charge in [-0.3, -0.25) is 4.98 Å². The van der Waals surface area contributed by atoms with Gasteiger partial charge in [-0.1, -0.05) is 18.2 Å². The lowest BCUT2D eigenvalue weighted by molar-refractivity contribution is 0.199. The van der Waals surface area contributed by atoms with Gasteiger partial charge < -0.3 is 10.0 Å². The Balaban J connectivity index is 2.13. The van der Waals surface area contributed by atoms with Crippen LogP contribution in [0.4, 0.5) is 5.69 Å². The van der Waals surface area contributed by atoms with Gasteiger partial charge in [0.2, 0.25) is 0 Å². The van der Waals surface area contributed by atoms with Crippen LogP contribution in [0.25, 0.3) is 0 Å². The molecule has 1 aromatic carbocycles. The fraction of sp³-hybridized carbons (Fsp3) is 0.312. The highest BCUT2D eigenvalue weighted by Gasteiger charge is 2.07. The number of rotatable bonds is 5. The second kappa shape index (κ2) is 6.34. The number of hydrogen-bond donors (Lipinski definition) is 1. The van der Waals surface area contributed by atoms with Gasteiger partial charge in [0.15, 0.2) is 0 Å². The van der Waals surface area contributed by atoms with Crippen molar-refractivity contribution in [3.8, 4) is 0 Å². The number of aliphatic hydroxyl groups excluding tert-OH is 1. The molecule has 2 aromatic rings. The zero-order chi connectivity index (χ0) is 13.7. The summed E-state index contributed by atoms with van der Waals surface area (Å²) in [5.74, 6) is 0. The van der Waals surface area contributed by atoms with Crippen LogP contribution < -0.4 is 4.90 Å². The summed E-state index contributed by atoms with van der Waals surface area (Å²) in [6.45, 7) is 5.63. The van der Waals surface area contributed by atoms with Gasteiger partial charge in [0, 0.05) is 18.4 Å². The molecule has 0 saturated carbocycles. The van der Waals surface area contributed by atoms with Crippen LogP contribution in [0.15, 0.2) is 48.7 Å². The molecule has 0 bridgehead atoms. The highest BCUT2D eigenvalue weighted by atomic mass is 16.3. The Labute approximate surface area is 114 Å². The van der Waals surface area contributed by atoms with E-state index in [9.17, 15) is 5.11 Å². The number of nitrogens with zero attached hydrogens (tertiary/aromatic N) is 2. The second-order valence-corrected chi connectivity index (χ2v) is 4.60. The van der Waals surface area contributed by atoms with Gasteiger partial charge in [0.25, 0.3) is 0 Å². The Bertz CT molecular complexity index is 494. The minimum atomic E-state index is -0.417. The maximum absolute atomic E-state index is 9.52. The standard InChI is InChI=1S/C16H20N2O/c1-3-18(12-15-6-4-5-11-17-15)16-9-7-14(8-10-16)13(2)19/h4-11,13,19H,3,12H2,1-2H3. The molecule has 0 amide bonds. The average molecular weight is 256 g/mol. The summed E-state index contributed by atoms with van der Waals surface area (Å²) in [5.41, 5.74) is 3.15. The Hall–Kier alpha value is -1.87. The number of anilines is 1. The summed E-state index contributed by atoms with van der Waals surface area (Å²) in [6.07, 6.45) is 1.40. The first-order chi connectivity index (χ1) is 9.20. The predicted molar refractivity (Wildman–Crippen MR) is 78.0 cm³/mol.